The van der Waals surface area contributed by atoms with Crippen LogP contribution in [0.3, 0.4) is 0 Å². The van der Waals surface area contributed by atoms with E-state index in [9.17, 15) is 0 Å². The molecule has 0 aromatic carbocycles. The van der Waals surface area contributed by atoms with Gasteiger partial charge in [-0.1, -0.05) is 23.7 Å². The number of halogens is 2. The van der Waals surface area contributed by atoms with E-state index in [0.717, 1.165) is 32.3 Å². The smallest absolute Gasteiger partial charge is 0.153 e. The molecule has 0 bridgehead atoms. The molecule has 0 saturated heterocycles. The van der Waals surface area contributed by atoms with Crippen molar-refractivity contribution in [1.82, 2.24) is 20.3 Å². The Morgan fingerprint density at radius 2 is 2.33 bits per heavy atom. The molecule has 2 aromatic heterocycles. The lowest BCUT2D eigenvalue weighted by Gasteiger charge is -2.17. The zero-order valence-corrected chi connectivity index (χ0v) is 13.5. The van der Waals surface area contributed by atoms with Gasteiger partial charge in [0.05, 0.1) is 16.8 Å². The van der Waals surface area contributed by atoms with Gasteiger partial charge in [0.1, 0.15) is 0 Å². The van der Waals surface area contributed by atoms with Crippen LogP contribution in [-0.4, -0.2) is 21.5 Å². The van der Waals surface area contributed by atoms with E-state index in [1.807, 2.05) is 14.0 Å². The Morgan fingerprint density at radius 1 is 1.61 bits per heavy atom. The van der Waals surface area contributed by atoms with Gasteiger partial charge in [0.2, 0.25) is 0 Å². The molecule has 18 heavy (non-hydrogen) atoms. The number of thiophene rings is 1. The molecular formula is C11H14BrClN4S. The van der Waals surface area contributed by atoms with Crippen molar-refractivity contribution in [3.8, 4) is 0 Å². The van der Waals surface area contributed by atoms with Crippen LogP contribution in [0.15, 0.2) is 9.98 Å². The van der Waals surface area contributed by atoms with E-state index in [0.29, 0.717) is 0 Å². The number of hydrogen-bond donors (Lipinski definition) is 1. The Balaban J connectivity index is 2.50. The van der Waals surface area contributed by atoms with Crippen molar-refractivity contribution in [2.24, 2.45) is 7.05 Å². The molecule has 0 fully saturated rings. The van der Waals surface area contributed by atoms with Crippen LogP contribution in [0, 0.1) is 6.92 Å². The Morgan fingerprint density at radius 3 is 2.78 bits per heavy atom. The van der Waals surface area contributed by atoms with Crippen molar-refractivity contribution in [1.29, 1.82) is 0 Å². The minimum Gasteiger partial charge on any atom is -0.304 e. The predicted molar refractivity (Wildman–Crippen MR) is 78.3 cm³/mol. The van der Waals surface area contributed by atoms with Crippen LogP contribution in [0.5, 0.6) is 0 Å². The average molecular weight is 350 g/mol. The minimum absolute atomic E-state index is 0.00979. The van der Waals surface area contributed by atoms with Crippen molar-refractivity contribution in [3.05, 3.63) is 31.1 Å². The van der Waals surface area contributed by atoms with E-state index in [2.05, 4.69) is 43.9 Å². The summed E-state index contributed by atoms with van der Waals surface area (Å²) >= 11 is 11.5. The maximum absolute atomic E-state index is 6.37. The van der Waals surface area contributed by atoms with Crippen LogP contribution in [0.1, 0.15) is 29.1 Å². The van der Waals surface area contributed by atoms with E-state index in [-0.39, 0.29) is 6.04 Å². The summed E-state index contributed by atoms with van der Waals surface area (Å²) in [6.07, 6.45) is 0. The Hall–Kier alpha value is -0.430. The fourth-order valence-corrected chi connectivity index (χ4v) is 3.74. The summed E-state index contributed by atoms with van der Waals surface area (Å²) in [4.78, 5) is 1.10. The monoisotopic (exact) mass is 348 g/mol. The number of rotatable bonds is 4. The molecule has 0 aliphatic heterocycles. The third kappa shape index (κ3) is 2.47. The van der Waals surface area contributed by atoms with E-state index in [4.69, 9.17) is 11.6 Å². The minimum atomic E-state index is 0.00979. The molecule has 2 aromatic rings. The first-order chi connectivity index (χ1) is 8.56. The van der Waals surface area contributed by atoms with E-state index >= 15 is 0 Å². The zero-order chi connectivity index (χ0) is 13.3. The quantitative estimate of drug-likeness (QED) is 0.921. The summed E-state index contributed by atoms with van der Waals surface area (Å²) in [5.74, 6) is 0. The summed E-state index contributed by atoms with van der Waals surface area (Å²) in [7, 11) is 1.88. The summed E-state index contributed by atoms with van der Waals surface area (Å²) in [5.41, 5.74) is 2.09. The van der Waals surface area contributed by atoms with Gasteiger partial charge in [-0.25, -0.2) is 4.68 Å². The molecule has 1 unspecified atom stereocenters. The lowest BCUT2D eigenvalue weighted by Crippen LogP contribution is -2.24. The largest absolute Gasteiger partial charge is 0.304 e. The summed E-state index contributed by atoms with van der Waals surface area (Å²) < 4.78 is 2.51. The predicted octanol–water partition coefficient (Wildman–Crippen LogP) is 3.30. The van der Waals surface area contributed by atoms with E-state index < -0.39 is 0 Å². The van der Waals surface area contributed by atoms with Crippen molar-refractivity contribution < 1.29 is 0 Å². The van der Waals surface area contributed by atoms with Crippen LogP contribution in [0.25, 0.3) is 0 Å². The average Bonchev–Trinajstić information content (AvgIpc) is 2.83. The second kappa shape index (κ2) is 5.69. The normalized spacial score (nSPS) is 12.9. The highest BCUT2D eigenvalue weighted by Gasteiger charge is 2.25. The van der Waals surface area contributed by atoms with Gasteiger partial charge in [0.15, 0.2) is 4.60 Å². The molecule has 1 atom stereocenters. The van der Waals surface area contributed by atoms with Crippen LogP contribution in [0.4, 0.5) is 0 Å². The summed E-state index contributed by atoms with van der Waals surface area (Å²) in [6, 6.07) is 0.00979. The van der Waals surface area contributed by atoms with Gasteiger partial charge < -0.3 is 5.32 Å². The molecule has 2 rings (SSSR count). The third-order valence-corrected chi connectivity index (χ3v) is 5.04. The Bertz CT molecular complexity index is 532. The highest BCUT2D eigenvalue weighted by Crippen LogP contribution is 2.37. The summed E-state index contributed by atoms with van der Waals surface area (Å²) in [5, 5.41) is 14.4. The Kier molecular flexibility index (Phi) is 4.42. The number of hydrogen-bond acceptors (Lipinski definition) is 4. The lowest BCUT2D eigenvalue weighted by molar-refractivity contribution is 0.573. The molecule has 0 spiro atoms. The van der Waals surface area contributed by atoms with Crippen molar-refractivity contribution in [2.75, 3.05) is 6.54 Å². The summed E-state index contributed by atoms with van der Waals surface area (Å²) in [6.45, 7) is 4.93. The molecule has 0 radical (unpaired) electrons. The topological polar surface area (TPSA) is 42.7 Å². The fourth-order valence-electron chi connectivity index (χ4n) is 1.81. The van der Waals surface area contributed by atoms with Gasteiger partial charge in [0.25, 0.3) is 0 Å². The molecule has 0 amide bonds. The van der Waals surface area contributed by atoms with Gasteiger partial charge in [-0.05, 0) is 40.3 Å². The van der Waals surface area contributed by atoms with E-state index in [1.165, 1.54) is 0 Å². The standard InChI is InChI=1S/C11H14BrClN4S/c1-4-14-8(9-11(12)15-16-17(9)3)10-7(13)6(2)5-18-10/h5,8,14H,4H2,1-3H3. The van der Waals surface area contributed by atoms with Gasteiger partial charge in [0, 0.05) is 11.9 Å². The zero-order valence-electron chi connectivity index (χ0n) is 10.4. The number of nitrogens with zero attached hydrogens (tertiary/aromatic N) is 3. The second-order valence-corrected chi connectivity index (χ2v) is 6.02. The van der Waals surface area contributed by atoms with Crippen LogP contribution < -0.4 is 5.32 Å². The first-order valence-corrected chi connectivity index (χ1v) is 7.63. The third-order valence-electron chi connectivity index (χ3n) is 2.70. The molecule has 98 valence electrons. The second-order valence-electron chi connectivity index (χ2n) is 3.98. The van der Waals surface area contributed by atoms with Crippen molar-refractivity contribution in [3.63, 3.8) is 0 Å². The molecule has 0 aliphatic carbocycles. The number of aryl methyl sites for hydroxylation is 2. The van der Waals surface area contributed by atoms with Gasteiger partial charge in [-0.2, -0.15) is 0 Å². The molecule has 7 heteroatoms. The van der Waals surface area contributed by atoms with Crippen molar-refractivity contribution in [2.45, 2.75) is 19.9 Å². The SMILES string of the molecule is CCNC(c1scc(C)c1Cl)c1c(Br)nnn1C. The van der Waals surface area contributed by atoms with E-state index in [1.54, 1.807) is 16.0 Å². The molecule has 0 saturated carbocycles. The lowest BCUT2D eigenvalue weighted by atomic mass is 10.1. The van der Waals surface area contributed by atoms with Crippen molar-refractivity contribution >= 4 is 38.9 Å². The molecule has 4 nitrogen and oxygen atoms in total. The number of aromatic nitrogens is 3. The highest BCUT2D eigenvalue weighted by atomic mass is 79.9. The molecule has 2 heterocycles. The number of nitrogens with one attached hydrogen (secondary N) is 1. The van der Waals surface area contributed by atoms with Crippen LogP contribution in [-0.2, 0) is 7.05 Å². The molecule has 0 aliphatic rings. The van der Waals surface area contributed by atoms with Gasteiger partial charge >= 0.3 is 0 Å². The van der Waals surface area contributed by atoms with Crippen LogP contribution >= 0.6 is 38.9 Å². The fraction of sp³-hybridized carbons (Fsp3) is 0.455. The molecular weight excluding hydrogens is 336 g/mol. The maximum atomic E-state index is 6.37. The highest BCUT2D eigenvalue weighted by molar-refractivity contribution is 9.10. The van der Waals surface area contributed by atoms with Crippen LogP contribution in [0.2, 0.25) is 5.02 Å². The molecule has 1 N–H and O–H groups in total. The maximum Gasteiger partial charge on any atom is 0.153 e. The Labute approximate surface area is 123 Å². The first kappa shape index (κ1) is 14.0. The van der Waals surface area contributed by atoms with Gasteiger partial charge in [-0.15, -0.1) is 16.4 Å². The first-order valence-electron chi connectivity index (χ1n) is 5.58. The van der Waals surface area contributed by atoms with Gasteiger partial charge in [-0.3, -0.25) is 0 Å².